The zero-order valence-corrected chi connectivity index (χ0v) is 39.1. The molecule has 0 aromatic heterocycles. The standard InChI is InChI=1S/C52H96N2O4/c1-5-9-13-17-21-25-29-33-41-53(42-34-30-26-22-18-14-10-6-2)45-47-57-51(55)49-37-39-50(40-38-49)52(56)58-48-46-54(43-35-31-27-23-19-15-11-7-3)44-36-32-28-24-20-16-12-8-4/h37-40H,5-36,41-48H2,1-4H3. The van der Waals surface area contributed by atoms with Crippen LogP contribution in [0.2, 0.25) is 0 Å². The molecule has 0 N–H and O–H groups in total. The molecule has 0 spiro atoms. The SMILES string of the molecule is CCCCCCCCCCN(CCCCCCCCCC)CCOC(=O)c1ccc(C(=O)OCCN(CCCCCCCCCC)CCCCCCCCCC)cc1. The van der Waals surface area contributed by atoms with E-state index in [1.807, 2.05) is 0 Å². The molecule has 6 heteroatoms. The molecule has 58 heavy (non-hydrogen) atoms. The molecule has 0 atom stereocenters. The first kappa shape index (κ1) is 54.1. The second-order valence-electron chi connectivity index (χ2n) is 17.4. The van der Waals surface area contributed by atoms with Gasteiger partial charge in [-0.05, 0) is 76.1 Å². The van der Waals surface area contributed by atoms with E-state index in [-0.39, 0.29) is 11.9 Å². The summed E-state index contributed by atoms with van der Waals surface area (Å²) in [4.78, 5) is 31.0. The molecule has 1 rings (SSSR count). The van der Waals surface area contributed by atoms with Crippen LogP contribution in [0.15, 0.2) is 24.3 Å². The van der Waals surface area contributed by atoms with Crippen molar-refractivity contribution in [3.63, 3.8) is 0 Å². The van der Waals surface area contributed by atoms with Gasteiger partial charge in [0.25, 0.3) is 0 Å². The van der Waals surface area contributed by atoms with Crippen LogP contribution in [0.3, 0.4) is 0 Å². The number of carbonyl (C=O) groups excluding carboxylic acids is 2. The molecule has 0 fully saturated rings. The van der Waals surface area contributed by atoms with Crippen LogP contribution in [0.25, 0.3) is 0 Å². The Kier molecular flexibility index (Phi) is 39.0. The number of esters is 2. The number of nitrogens with zero attached hydrogens (tertiary/aromatic N) is 2. The van der Waals surface area contributed by atoms with Crippen molar-refractivity contribution in [2.45, 2.75) is 233 Å². The summed E-state index contributed by atoms with van der Waals surface area (Å²) in [5.41, 5.74) is 0.965. The monoisotopic (exact) mass is 813 g/mol. The molecule has 0 saturated carbocycles. The fourth-order valence-electron chi connectivity index (χ4n) is 7.99. The average molecular weight is 813 g/mol. The van der Waals surface area contributed by atoms with E-state index in [1.54, 1.807) is 24.3 Å². The van der Waals surface area contributed by atoms with E-state index >= 15 is 0 Å². The first-order valence-electron chi connectivity index (χ1n) is 25.4. The molecule has 1 aromatic rings. The summed E-state index contributed by atoms with van der Waals surface area (Å²) in [6.07, 6.45) is 42.3. The summed E-state index contributed by atoms with van der Waals surface area (Å²) in [6, 6.07) is 6.81. The summed E-state index contributed by atoms with van der Waals surface area (Å²) in [6.45, 7) is 15.8. The molecule has 0 amide bonds. The van der Waals surface area contributed by atoms with Gasteiger partial charge in [-0.25, -0.2) is 9.59 Å². The van der Waals surface area contributed by atoms with E-state index in [9.17, 15) is 9.59 Å². The normalized spacial score (nSPS) is 11.6. The molecule has 0 bridgehead atoms. The number of carbonyl (C=O) groups is 2. The zero-order valence-electron chi connectivity index (χ0n) is 39.1. The summed E-state index contributed by atoms with van der Waals surface area (Å²) < 4.78 is 11.5. The van der Waals surface area contributed by atoms with Crippen LogP contribution in [-0.2, 0) is 9.47 Å². The van der Waals surface area contributed by atoms with Crippen LogP contribution in [0.1, 0.15) is 254 Å². The fraction of sp³-hybridized carbons (Fsp3) is 0.846. The highest BCUT2D eigenvalue weighted by molar-refractivity contribution is 5.93. The van der Waals surface area contributed by atoms with Gasteiger partial charge in [0.15, 0.2) is 0 Å². The number of unbranched alkanes of at least 4 members (excludes halogenated alkanes) is 28. The van der Waals surface area contributed by atoms with Crippen LogP contribution in [0, 0.1) is 0 Å². The number of ether oxygens (including phenoxy) is 2. The highest BCUT2D eigenvalue weighted by atomic mass is 16.5. The third-order valence-electron chi connectivity index (χ3n) is 11.9. The van der Waals surface area contributed by atoms with Gasteiger partial charge < -0.3 is 9.47 Å². The van der Waals surface area contributed by atoms with E-state index < -0.39 is 0 Å². The molecule has 0 radical (unpaired) electrons. The van der Waals surface area contributed by atoms with Crippen molar-refractivity contribution in [2.75, 3.05) is 52.5 Å². The van der Waals surface area contributed by atoms with Crippen molar-refractivity contribution < 1.29 is 19.1 Å². The van der Waals surface area contributed by atoms with Gasteiger partial charge >= 0.3 is 11.9 Å². The van der Waals surface area contributed by atoms with E-state index in [2.05, 4.69) is 37.5 Å². The summed E-state index contributed by atoms with van der Waals surface area (Å²) in [7, 11) is 0. The highest BCUT2D eigenvalue weighted by Crippen LogP contribution is 2.14. The third-order valence-corrected chi connectivity index (χ3v) is 11.9. The van der Waals surface area contributed by atoms with Gasteiger partial charge in [-0.3, -0.25) is 9.80 Å². The maximum Gasteiger partial charge on any atom is 0.338 e. The molecule has 0 saturated heterocycles. The largest absolute Gasteiger partial charge is 0.461 e. The zero-order chi connectivity index (χ0) is 42.0. The molecular formula is C52H96N2O4. The Balaban J connectivity index is 2.51. The van der Waals surface area contributed by atoms with Gasteiger partial charge in [-0.2, -0.15) is 0 Å². The van der Waals surface area contributed by atoms with Crippen LogP contribution >= 0.6 is 0 Å². The minimum atomic E-state index is -0.323. The maximum absolute atomic E-state index is 13.0. The maximum atomic E-state index is 13.0. The lowest BCUT2D eigenvalue weighted by Crippen LogP contribution is -2.30. The Hall–Kier alpha value is -1.92. The van der Waals surface area contributed by atoms with E-state index in [0.717, 1.165) is 39.3 Å². The molecule has 0 aliphatic heterocycles. The van der Waals surface area contributed by atoms with Gasteiger partial charge in [0.1, 0.15) is 13.2 Å². The van der Waals surface area contributed by atoms with Gasteiger partial charge in [0, 0.05) is 13.1 Å². The number of benzene rings is 1. The summed E-state index contributed by atoms with van der Waals surface area (Å²) >= 11 is 0. The summed E-state index contributed by atoms with van der Waals surface area (Å²) in [5.74, 6) is -0.645. The Bertz CT molecular complexity index is 910. The topological polar surface area (TPSA) is 59.1 Å². The van der Waals surface area contributed by atoms with E-state index in [0.29, 0.717) is 24.3 Å². The van der Waals surface area contributed by atoms with Gasteiger partial charge in [0.05, 0.1) is 11.1 Å². The van der Waals surface area contributed by atoms with Crippen LogP contribution in [0.5, 0.6) is 0 Å². The van der Waals surface area contributed by atoms with E-state index in [4.69, 9.17) is 9.47 Å². The van der Waals surface area contributed by atoms with Crippen molar-refractivity contribution in [3.05, 3.63) is 35.4 Å². The second-order valence-corrected chi connectivity index (χ2v) is 17.4. The predicted molar refractivity (Wildman–Crippen MR) is 250 cm³/mol. The minimum absolute atomic E-state index is 0.323. The van der Waals surface area contributed by atoms with Crippen molar-refractivity contribution in [1.82, 2.24) is 9.80 Å². The average Bonchev–Trinajstić information content (AvgIpc) is 3.24. The Morgan fingerprint density at radius 3 is 0.759 bits per heavy atom. The molecule has 6 nitrogen and oxygen atoms in total. The Morgan fingerprint density at radius 1 is 0.328 bits per heavy atom. The van der Waals surface area contributed by atoms with Crippen LogP contribution < -0.4 is 0 Å². The molecule has 0 heterocycles. The smallest absolute Gasteiger partial charge is 0.338 e. The first-order valence-corrected chi connectivity index (χ1v) is 25.4. The molecule has 338 valence electrons. The molecule has 0 aliphatic rings. The van der Waals surface area contributed by atoms with Crippen molar-refractivity contribution in [2.24, 2.45) is 0 Å². The van der Waals surface area contributed by atoms with E-state index in [1.165, 1.54) is 205 Å². The fourth-order valence-corrected chi connectivity index (χ4v) is 7.99. The van der Waals surface area contributed by atoms with Gasteiger partial charge in [0.2, 0.25) is 0 Å². The van der Waals surface area contributed by atoms with Crippen molar-refractivity contribution >= 4 is 11.9 Å². The molecule has 0 aliphatic carbocycles. The predicted octanol–water partition coefficient (Wildman–Crippen LogP) is 15.2. The highest BCUT2D eigenvalue weighted by Gasteiger charge is 2.14. The van der Waals surface area contributed by atoms with Crippen molar-refractivity contribution in [1.29, 1.82) is 0 Å². The second kappa shape index (κ2) is 41.8. The number of rotatable bonds is 44. The first-order chi connectivity index (χ1) is 28.5. The Labute approximate surface area is 360 Å². The minimum Gasteiger partial charge on any atom is -0.461 e. The van der Waals surface area contributed by atoms with Crippen LogP contribution in [0.4, 0.5) is 0 Å². The molecule has 0 unspecified atom stereocenters. The lowest BCUT2D eigenvalue weighted by molar-refractivity contribution is 0.0446. The lowest BCUT2D eigenvalue weighted by Gasteiger charge is -2.22. The molecule has 1 aromatic carbocycles. The molecular weight excluding hydrogens is 717 g/mol. The number of hydrogen-bond acceptors (Lipinski definition) is 6. The van der Waals surface area contributed by atoms with Crippen molar-refractivity contribution in [3.8, 4) is 0 Å². The van der Waals surface area contributed by atoms with Gasteiger partial charge in [-0.1, -0.05) is 207 Å². The van der Waals surface area contributed by atoms with Gasteiger partial charge in [-0.15, -0.1) is 0 Å². The quantitative estimate of drug-likeness (QED) is 0.0483. The third kappa shape index (κ3) is 32.9. The summed E-state index contributed by atoms with van der Waals surface area (Å²) in [5, 5.41) is 0. The van der Waals surface area contributed by atoms with Crippen LogP contribution in [-0.4, -0.2) is 74.2 Å². The number of hydrogen-bond donors (Lipinski definition) is 0. The Morgan fingerprint density at radius 2 is 0.534 bits per heavy atom. The lowest BCUT2D eigenvalue weighted by atomic mass is 10.1.